The molecule has 0 saturated heterocycles. The molecule has 1 aliphatic carbocycles. The number of nitrogens with one attached hydrogen (secondary N) is 1. The van der Waals surface area contributed by atoms with Crippen molar-refractivity contribution in [3.05, 3.63) is 62.0 Å². The van der Waals surface area contributed by atoms with Gasteiger partial charge in [0.1, 0.15) is 4.83 Å². The van der Waals surface area contributed by atoms with Crippen LogP contribution in [0.3, 0.4) is 0 Å². The Morgan fingerprint density at radius 3 is 3.00 bits per heavy atom. The number of carbonyl (C=O) groups excluding carboxylic acids is 1. The van der Waals surface area contributed by atoms with Crippen LogP contribution in [-0.2, 0) is 30.7 Å². The first-order chi connectivity index (χ1) is 12.6. The molecule has 0 unspecified atom stereocenters. The maximum Gasteiger partial charge on any atom is 0.262 e. The van der Waals surface area contributed by atoms with Gasteiger partial charge in [0.05, 0.1) is 11.7 Å². The first kappa shape index (κ1) is 17.2. The molecule has 5 nitrogen and oxygen atoms in total. The number of hydrogen-bond acceptors (Lipinski definition) is 4. The van der Waals surface area contributed by atoms with E-state index >= 15 is 0 Å². The zero-order valence-corrected chi connectivity index (χ0v) is 15.7. The fourth-order valence-corrected chi connectivity index (χ4v) is 4.75. The molecule has 2 aromatic heterocycles. The maximum absolute atomic E-state index is 12.8. The Morgan fingerprint density at radius 2 is 2.15 bits per heavy atom. The molecule has 1 aliphatic rings. The van der Waals surface area contributed by atoms with Crippen molar-refractivity contribution in [3.8, 4) is 0 Å². The van der Waals surface area contributed by atoms with Crippen LogP contribution in [0, 0.1) is 0 Å². The van der Waals surface area contributed by atoms with Crippen molar-refractivity contribution < 1.29 is 4.79 Å². The third kappa shape index (κ3) is 3.27. The van der Waals surface area contributed by atoms with Crippen LogP contribution in [-0.4, -0.2) is 15.5 Å². The minimum atomic E-state index is -0.118. The molecule has 0 atom stereocenters. The van der Waals surface area contributed by atoms with Crippen LogP contribution in [0.25, 0.3) is 10.2 Å². The van der Waals surface area contributed by atoms with Crippen LogP contribution in [0.5, 0.6) is 0 Å². The van der Waals surface area contributed by atoms with E-state index in [1.54, 1.807) is 28.3 Å². The lowest BCUT2D eigenvalue weighted by Crippen LogP contribution is -2.27. The topological polar surface area (TPSA) is 64.0 Å². The molecule has 0 aliphatic heterocycles. The summed E-state index contributed by atoms with van der Waals surface area (Å²) in [7, 11) is 0. The highest BCUT2D eigenvalue weighted by Gasteiger charge is 2.21. The van der Waals surface area contributed by atoms with Gasteiger partial charge in [0.15, 0.2) is 0 Å². The third-order valence-electron chi connectivity index (χ3n) is 4.71. The molecular formula is C19H18ClN3O2S. The number of aryl methyl sites for hydroxylation is 3. The summed E-state index contributed by atoms with van der Waals surface area (Å²) in [5.74, 6) is -0.118. The van der Waals surface area contributed by atoms with Crippen LogP contribution in [0.1, 0.15) is 28.8 Å². The molecule has 7 heteroatoms. The third-order valence-corrected chi connectivity index (χ3v) is 6.27. The molecule has 0 radical (unpaired) electrons. The summed E-state index contributed by atoms with van der Waals surface area (Å²) >= 11 is 7.71. The van der Waals surface area contributed by atoms with Gasteiger partial charge >= 0.3 is 0 Å². The van der Waals surface area contributed by atoms with Gasteiger partial charge in [0.25, 0.3) is 5.56 Å². The monoisotopic (exact) mass is 387 g/mol. The lowest BCUT2D eigenvalue weighted by molar-refractivity contribution is -0.121. The van der Waals surface area contributed by atoms with E-state index in [1.165, 1.54) is 10.4 Å². The molecule has 1 amide bonds. The summed E-state index contributed by atoms with van der Waals surface area (Å²) < 4.78 is 1.54. The number of aromatic nitrogens is 2. The molecule has 1 N–H and O–H groups in total. The average molecular weight is 388 g/mol. The highest BCUT2D eigenvalue weighted by molar-refractivity contribution is 7.18. The predicted octanol–water partition coefficient (Wildman–Crippen LogP) is 3.31. The van der Waals surface area contributed by atoms with Crippen LogP contribution in [0.4, 0.5) is 0 Å². The molecule has 26 heavy (non-hydrogen) atoms. The summed E-state index contributed by atoms with van der Waals surface area (Å²) in [4.78, 5) is 31.4. The van der Waals surface area contributed by atoms with Crippen LogP contribution < -0.4 is 10.9 Å². The van der Waals surface area contributed by atoms with Gasteiger partial charge in [0.2, 0.25) is 5.91 Å². The Labute approximate surface area is 159 Å². The number of nitrogens with zero attached hydrogens (tertiary/aromatic N) is 2. The van der Waals surface area contributed by atoms with Crippen molar-refractivity contribution in [1.82, 2.24) is 14.9 Å². The fraction of sp³-hybridized carbons (Fsp3) is 0.316. The Bertz CT molecular complexity index is 1040. The Balaban J connectivity index is 1.43. The zero-order chi connectivity index (χ0) is 18.1. The second-order valence-electron chi connectivity index (χ2n) is 6.40. The van der Waals surface area contributed by atoms with Crippen molar-refractivity contribution >= 4 is 39.1 Å². The molecule has 0 fully saturated rings. The van der Waals surface area contributed by atoms with Crippen molar-refractivity contribution in [1.29, 1.82) is 0 Å². The molecule has 0 saturated carbocycles. The summed E-state index contributed by atoms with van der Waals surface area (Å²) in [6, 6.07) is 7.41. The molecule has 1 aromatic carbocycles. The van der Waals surface area contributed by atoms with E-state index in [0.717, 1.165) is 35.0 Å². The van der Waals surface area contributed by atoms with E-state index in [4.69, 9.17) is 11.6 Å². The second-order valence-corrected chi connectivity index (χ2v) is 7.89. The summed E-state index contributed by atoms with van der Waals surface area (Å²) in [5, 5.41) is 4.23. The first-order valence-corrected chi connectivity index (χ1v) is 9.82. The number of benzene rings is 1. The minimum Gasteiger partial charge on any atom is -0.352 e. The second kappa shape index (κ2) is 7.21. The van der Waals surface area contributed by atoms with E-state index in [0.29, 0.717) is 18.1 Å². The molecule has 2 heterocycles. The van der Waals surface area contributed by atoms with Crippen LogP contribution >= 0.6 is 22.9 Å². The molecule has 4 rings (SSSR count). The highest BCUT2D eigenvalue weighted by Crippen LogP contribution is 2.34. The van der Waals surface area contributed by atoms with Gasteiger partial charge in [-0.3, -0.25) is 14.2 Å². The maximum atomic E-state index is 12.8. The van der Waals surface area contributed by atoms with Crippen molar-refractivity contribution in [2.45, 2.75) is 38.8 Å². The number of thiophene rings is 1. The van der Waals surface area contributed by atoms with Gasteiger partial charge < -0.3 is 5.32 Å². The van der Waals surface area contributed by atoms with Crippen LogP contribution in [0.2, 0.25) is 5.02 Å². The van der Waals surface area contributed by atoms with Gasteiger partial charge in [-0.25, -0.2) is 4.98 Å². The van der Waals surface area contributed by atoms with Gasteiger partial charge in [-0.2, -0.15) is 0 Å². The van der Waals surface area contributed by atoms with Gasteiger partial charge in [-0.15, -0.1) is 11.3 Å². The number of amides is 1. The lowest BCUT2D eigenvalue weighted by atomic mass is 10.2. The molecular weight excluding hydrogens is 370 g/mol. The summed E-state index contributed by atoms with van der Waals surface area (Å²) in [6.07, 6.45) is 4.88. The zero-order valence-electron chi connectivity index (χ0n) is 14.1. The molecule has 0 spiro atoms. The highest BCUT2D eigenvalue weighted by atomic mass is 35.5. The first-order valence-electron chi connectivity index (χ1n) is 8.63. The Morgan fingerprint density at radius 1 is 1.31 bits per heavy atom. The normalized spacial score (nSPS) is 13.1. The van der Waals surface area contributed by atoms with Gasteiger partial charge in [-0.1, -0.05) is 29.8 Å². The van der Waals surface area contributed by atoms with E-state index in [-0.39, 0.29) is 17.9 Å². The quantitative estimate of drug-likeness (QED) is 0.730. The standard InChI is InChI=1S/C19H18ClN3O2S/c20-14-6-2-1-4-12(14)10-21-16(24)8-9-23-11-22-18-17(19(23)25)13-5-3-7-15(13)26-18/h1-2,4,6,11H,3,5,7-10H2,(H,21,24). The van der Waals surface area contributed by atoms with Crippen molar-refractivity contribution in [3.63, 3.8) is 0 Å². The molecule has 0 bridgehead atoms. The largest absolute Gasteiger partial charge is 0.352 e. The lowest BCUT2D eigenvalue weighted by Gasteiger charge is -2.08. The number of hydrogen-bond donors (Lipinski definition) is 1. The number of carbonyl (C=O) groups is 1. The smallest absolute Gasteiger partial charge is 0.262 e. The van der Waals surface area contributed by atoms with Crippen LogP contribution in [0.15, 0.2) is 35.4 Å². The minimum absolute atomic E-state index is 0.0340. The fourth-order valence-electron chi connectivity index (χ4n) is 3.32. The molecule has 3 aromatic rings. The van der Waals surface area contributed by atoms with Crippen molar-refractivity contribution in [2.24, 2.45) is 0 Å². The van der Waals surface area contributed by atoms with E-state index < -0.39 is 0 Å². The SMILES string of the molecule is O=C(CCn1cnc2sc3c(c2c1=O)CCC3)NCc1ccccc1Cl. The van der Waals surface area contributed by atoms with Gasteiger partial charge in [0, 0.05) is 29.4 Å². The Kier molecular flexibility index (Phi) is 4.78. The van der Waals surface area contributed by atoms with Gasteiger partial charge in [-0.05, 0) is 36.5 Å². The predicted molar refractivity (Wildman–Crippen MR) is 104 cm³/mol. The summed E-state index contributed by atoms with van der Waals surface area (Å²) in [6.45, 7) is 0.698. The summed E-state index contributed by atoms with van der Waals surface area (Å²) in [5.41, 5.74) is 2.00. The van der Waals surface area contributed by atoms with Crippen molar-refractivity contribution in [2.75, 3.05) is 0 Å². The number of halogens is 1. The Hall–Kier alpha value is -2.18. The van der Waals surface area contributed by atoms with E-state index in [9.17, 15) is 9.59 Å². The number of rotatable bonds is 5. The van der Waals surface area contributed by atoms with E-state index in [2.05, 4.69) is 10.3 Å². The number of fused-ring (bicyclic) bond motifs is 3. The molecule has 134 valence electrons. The van der Waals surface area contributed by atoms with E-state index in [1.807, 2.05) is 18.2 Å². The average Bonchev–Trinajstić information content (AvgIpc) is 3.21.